The Kier molecular flexibility index (Phi) is 19.2. The molecule has 0 aliphatic rings. The molecule has 20 heteroatoms. The number of rotatable bonds is 10. The Morgan fingerprint density at radius 1 is 0.179 bits per heavy atom. The van der Waals surface area contributed by atoms with Gasteiger partial charge < -0.3 is 4.57 Å². The molecule has 0 aliphatic carbocycles. The smallest absolute Gasteiger partial charge is 0.238 e. The number of benzene rings is 17. The highest BCUT2D eigenvalue weighted by Crippen LogP contribution is 2.57. The summed E-state index contributed by atoms with van der Waals surface area (Å²) < 4.78 is 18.4. The predicted molar refractivity (Wildman–Crippen MR) is 611 cm³/mol. The third-order valence-electron chi connectivity index (χ3n) is 27.9. The van der Waals surface area contributed by atoms with E-state index in [0.29, 0.717) is 41.0 Å². The molecule has 0 aliphatic heterocycles. The maximum atomic E-state index is 5.35. The quantitative estimate of drug-likeness (QED) is 0.128. The Hall–Kier alpha value is -17.7. The largest absolute Gasteiger partial charge is 0.308 e. The lowest BCUT2D eigenvalue weighted by Gasteiger charge is -2.12. The molecule has 0 saturated carbocycles. The van der Waals surface area contributed by atoms with Crippen molar-refractivity contribution in [3.8, 4) is 96.9 Å². The first-order valence-electron chi connectivity index (χ1n) is 47.8. The summed E-state index contributed by atoms with van der Waals surface area (Å²) in [5, 5.41) is 23.5. The van der Waals surface area contributed by atoms with Crippen molar-refractivity contribution < 1.29 is 0 Å². The Morgan fingerprint density at radius 2 is 0.483 bits per heavy atom. The Balaban J connectivity index is 0.000000101. The molecule has 0 spiro atoms. The fraction of sp³-hybridized carbons (Fsp3) is 0. The van der Waals surface area contributed by atoms with Crippen LogP contribution in [0.15, 0.2) is 425 Å². The maximum Gasteiger partial charge on any atom is 0.238 e. The lowest BCUT2D eigenvalue weighted by atomic mass is 10.0. The van der Waals surface area contributed by atoms with Crippen LogP contribution in [0.5, 0.6) is 0 Å². The second-order valence-electron chi connectivity index (χ2n) is 36.1. The molecule has 0 atom stereocenters. The van der Waals surface area contributed by atoms with Gasteiger partial charge in [-0.3, -0.25) is 9.13 Å². The van der Waals surface area contributed by atoms with Gasteiger partial charge in [0.25, 0.3) is 0 Å². The van der Waals surface area contributed by atoms with Crippen molar-refractivity contribution in [2.75, 3.05) is 0 Å². The minimum Gasteiger partial charge on any atom is -0.308 e. The van der Waals surface area contributed by atoms with E-state index < -0.39 is 0 Å². The zero-order chi connectivity index (χ0) is 95.0. The van der Waals surface area contributed by atoms with Crippen LogP contribution in [0.3, 0.4) is 0 Å². The number of hydrogen-bond donors (Lipinski definition) is 0. The first-order chi connectivity index (χ1) is 71.9. The van der Waals surface area contributed by atoms with Gasteiger partial charge in [0.2, 0.25) is 11.9 Å². The third kappa shape index (κ3) is 13.2. The lowest BCUT2D eigenvalue weighted by molar-refractivity contribution is 0.955. The highest BCUT2D eigenvalue weighted by atomic mass is 32.1. The fourth-order valence-corrected chi connectivity index (χ4v) is 29.2. The molecule has 0 amide bonds. The van der Waals surface area contributed by atoms with Gasteiger partial charge in [-0.1, -0.05) is 315 Å². The van der Waals surface area contributed by atoms with E-state index in [2.05, 4.69) is 317 Å². The molecule has 15 heterocycles. The third-order valence-corrected chi connectivity index (χ3v) is 34.8. The minimum absolute atomic E-state index is 0.586. The molecule has 0 N–H and O–H groups in total. The van der Waals surface area contributed by atoms with Crippen LogP contribution in [0, 0.1) is 0 Å². The van der Waals surface area contributed by atoms with E-state index in [1.54, 1.807) is 34.0 Å². The van der Waals surface area contributed by atoms with Gasteiger partial charge in [0.05, 0.1) is 58.4 Å². The molecule has 145 heavy (non-hydrogen) atoms. The molecule has 32 aromatic rings. The zero-order valence-corrected chi connectivity index (χ0v) is 81.5. The SMILES string of the molecule is c1ccc(-c2ccc(-c3nc(-c4ccccc4)nc(-n4c5ccccc5c5c6c7ccccc7sc6c6c7cccnc7sc6c54)n3)cc2)cc1.c1ccc(-c2nc(-c3ccccc3)nc(-c3cccc(-n4c5ccccc5c5c6c7ccccc7sc6c6c7cccnc7sc6c54)c3)n2)cc1.c1ccc(-c2nc(-n3c4ccccc4c4c5c6ccccc6sc5c5c6cccnc6sc5c43)nc3ccccc23)cc1. The van der Waals surface area contributed by atoms with Gasteiger partial charge in [0.1, 0.15) is 14.5 Å². The minimum atomic E-state index is 0.586. The molecular weight excluding hydrogens is 1890 g/mol. The Labute approximate surface area is 849 Å². The summed E-state index contributed by atoms with van der Waals surface area (Å²) in [6, 6.07) is 142. The monoisotopic (exact) mass is 1960 g/mol. The van der Waals surface area contributed by atoms with Crippen molar-refractivity contribution in [1.82, 2.24) is 68.5 Å². The maximum absolute atomic E-state index is 5.35. The van der Waals surface area contributed by atoms with Crippen molar-refractivity contribution in [2.45, 2.75) is 0 Å². The Bertz CT molecular complexity index is 10900. The molecule has 17 aromatic carbocycles. The zero-order valence-electron chi connectivity index (χ0n) is 76.6. The number of aromatic nitrogens is 14. The summed E-state index contributed by atoms with van der Waals surface area (Å²) in [6.45, 7) is 0. The van der Waals surface area contributed by atoms with E-state index in [4.69, 9.17) is 54.8 Å². The molecule has 32 rings (SSSR count). The Morgan fingerprint density at radius 3 is 0.910 bits per heavy atom. The molecule has 15 aromatic heterocycles. The second-order valence-corrected chi connectivity index (χ2v) is 42.2. The average Bonchev–Trinajstić information content (AvgIpc) is 1.53. The van der Waals surface area contributed by atoms with E-state index in [-0.39, 0.29) is 0 Å². The van der Waals surface area contributed by atoms with Crippen molar-refractivity contribution in [3.63, 3.8) is 0 Å². The van der Waals surface area contributed by atoms with Crippen molar-refractivity contribution in [2.24, 2.45) is 0 Å². The van der Waals surface area contributed by atoms with Gasteiger partial charge in [-0.25, -0.2) is 44.9 Å². The van der Waals surface area contributed by atoms with Crippen LogP contribution >= 0.6 is 68.0 Å². The van der Waals surface area contributed by atoms with Crippen molar-refractivity contribution in [3.05, 3.63) is 425 Å². The predicted octanol–water partition coefficient (Wildman–Crippen LogP) is 34.7. The highest BCUT2D eigenvalue weighted by molar-refractivity contribution is 7.32. The topological polar surface area (TPSA) is 157 Å². The molecule has 0 fully saturated rings. The van der Waals surface area contributed by atoms with Gasteiger partial charge in [-0.05, 0) is 102 Å². The van der Waals surface area contributed by atoms with Gasteiger partial charge in [-0.15, -0.1) is 68.0 Å². The van der Waals surface area contributed by atoms with Crippen molar-refractivity contribution in [1.29, 1.82) is 0 Å². The van der Waals surface area contributed by atoms with E-state index in [1.807, 2.05) is 156 Å². The number of thiophene rings is 6. The molecule has 0 saturated heterocycles. The summed E-state index contributed by atoms with van der Waals surface area (Å²) in [5.74, 6) is 4.44. The molecular formula is C125H70N14S6. The second kappa shape index (κ2) is 33.5. The lowest BCUT2D eigenvalue weighted by Crippen LogP contribution is -2.06. The van der Waals surface area contributed by atoms with Crippen LogP contribution in [-0.4, -0.2) is 68.5 Å². The van der Waals surface area contributed by atoms with E-state index in [1.165, 1.54) is 150 Å². The van der Waals surface area contributed by atoms with E-state index in [0.717, 1.165) is 103 Å². The fourth-order valence-electron chi connectivity index (χ4n) is 21.6. The van der Waals surface area contributed by atoms with Crippen LogP contribution in [0.25, 0.3) is 295 Å². The summed E-state index contributed by atoms with van der Waals surface area (Å²) in [6.07, 6.45) is 5.68. The van der Waals surface area contributed by atoms with Gasteiger partial charge in [0.15, 0.2) is 29.1 Å². The van der Waals surface area contributed by atoms with Crippen LogP contribution in [-0.2, 0) is 0 Å². The first kappa shape index (κ1) is 83.1. The highest BCUT2D eigenvalue weighted by Gasteiger charge is 2.32. The van der Waals surface area contributed by atoms with Gasteiger partial charge in [-0.2, -0.15) is 9.97 Å². The number of para-hydroxylation sites is 4. The van der Waals surface area contributed by atoms with Gasteiger partial charge in [0, 0.05) is 188 Å². The van der Waals surface area contributed by atoms with Crippen molar-refractivity contribution >= 4 is 266 Å². The standard InChI is InChI=1S/2C44H25N5S2.C37H20N4S2/c1-3-13-26(14-4-1)41-46-42(27-15-5-2-6-16-27)48-43(47-41)28-17-11-18-29(25-28)49-33-22-9-7-19-30(33)35-36-31-20-8-10-23-34(31)50-39(36)37-32-21-12-24-45-44(32)51-40(37)38(35)49;1-3-12-26(13-4-1)27-21-23-29(24-22-27)42-46-41(28-14-5-2-6-15-28)47-44(48-42)49-33-19-9-7-16-30(33)35-36-31-17-8-10-20-34(31)50-39(36)37-32-18-11-25-45-43(32)51-40(37)38(35)49;1-2-11-21(12-3-1)32-22-13-4-7-17-26(22)39-37(40-32)41-27-18-8-5-14-23(27)29-30-24-15-6-9-19-28(24)42-34(30)31-25-16-10-20-38-36(25)43-35(31)33(29)41/h2*1-25H;1-20H. The molecule has 676 valence electrons. The summed E-state index contributed by atoms with van der Waals surface area (Å²) in [7, 11) is 0. The first-order valence-corrected chi connectivity index (χ1v) is 52.7. The van der Waals surface area contributed by atoms with Crippen LogP contribution in [0.2, 0.25) is 0 Å². The van der Waals surface area contributed by atoms with E-state index >= 15 is 0 Å². The van der Waals surface area contributed by atoms with Gasteiger partial charge >= 0.3 is 0 Å². The molecule has 14 nitrogen and oxygen atoms in total. The number of fused-ring (bicyclic) bond motifs is 37. The number of pyridine rings is 3. The summed E-state index contributed by atoms with van der Waals surface area (Å²) in [4.78, 5) is 58.9. The molecule has 0 bridgehead atoms. The average molecular weight is 1960 g/mol. The number of hydrogen-bond acceptors (Lipinski definition) is 17. The van der Waals surface area contributed by atoms with Crippen LogP contribution in [0.4, 0.5) is 0 Å². The molecule has 0 unspecified atom stereocenters. The summed E-state index contributed by atoms with van der Waals surface area (Å²) in [5.41, 5.74) is 17.7. The van der Waals surface area contributed by atoms with Crippen LogP contribution in [0.1, 0.15) is 0 Å². The normalized spacial score (nSPS) is 12.0. The summed E-state index contributed by atoms with van der Waals surface area (Å²) >= 11 is 10.9. The van der Waals surface area contributed by atoms with E-state index in [9.17, 15) is 0 Å². The molecule has 0 radical (unpaired) electrons. The van der Waals surface area contributed by atoms with Crippen LogP contribution < -0.4 is 0 Å². The number of nitrogens with zero attached hydrogens (tertiary/aromatic N) is 14.